The Morgan fingerprint density at radius 2 is 2.25 bits per heavy atom. The smallest absolute Gasteiger partial charge is 0.298 e. The minimum absolute atomic E-state index is 0.0992. The number of amides is 1. The van der Waals surface area contributed by atoms with Crippen molar-refractivity contribution in [3.63, 3.8) is 0 Å². The van der Waals surface area contributed by atoms with Crippen LogP contribution in [0.5, 0.6) is 0 Å². The van der Waals surface area contributed by atoms with Gasteiger partial charge >= 0.3 is 0 Å². The fourth-order valence-corrected chi connectivity index (χ4v) is 2.90. The Bertz CT molecular complexity index is 450. The summed E-state index contributed by atoms with van der Waals surface area (Å²) in [6, 6.07) is 0.935. The molecule has 1 aromatic heterocycles. The van der Waals surface area contributed by atoms with E-state index in [4.69, 9.17) is 0 Å². The van der Waals surface area contributed by atoms with Crippen molar-refractivity contribution in [2.24, 2.45) is 0 Å². The van der Waals surface area contributed by atoms with Crippen LogP contribution in [0.3, 0.4) is 0 Å². The first-order valence-electron chi connectivity index (χ1n) is 6.41. The molecule has 112 valence electrons. The van der Waals surface area contributed by atoms with Crippen molar-refractivity contribution in [1.29, 1.82) is 0 Å². The van der Waals surface area contributed by atoms with E-state index in [0.717, 1.165) is 30.7 Å². The van der Waals surface area contributed by atoms with E-state index in [0.29, 0.717) is 5.69 Å². The maximum atomic E-state index is 12.3. The molecule has 1 atom stereocenters. The number of thioether (sulfide) groups is 1. The van der Waals surface area contributed by atoms with Crippen molar-refractivity contribution in [1.82, 2.24) is 15.4 Å². The van der Waals surface area contributed by atoms with E-state index in [1.807, 2.05) is 18.7 Å². The maximum Gasteiger partial charge on any atom is 0.298 e. The van der Waals surface area contributed by atoms with Crippen molar-refractivity contribution in [2.45, 2.75) is 25.9 Å². The number of hydrogen-bond acceptors (Lipinski definition) is 5. The van der Waals surface area contributed by atoms with Gasteiger partial charge in [-0.2, -0.15) is 11.8 Å². The second kappa shape index (κ2) is 7.03. The van der Waals surface area contributed by atoms with Crippen molar-refractivity contribution in [3.05, 3.63) is 17.5 Å². The highest BCUT2D eigenvalue weighted by Gasteiger charge is 2.23. The summed E-state index contributed by atoms with van der Waals surface area (Å²) < 4.78 is 29.1. The molecule has 1 aromatic rings. The molecule has 0 aliphatic carbocycles. The monoisotopic (exact) mass is 305 g/mol. The maximum absolute atomic E-state index is 12.3. The van der Waals surface area contributed by atoms with Gasteiger partial charge in [0, 0.05) is 30.7 Å². The van der Waals surface area contributed by atoms with E-state index in [2.05, 4.69) is 19.9 Å². The molecule has 1 amide bonds. The van der Waals surface area contributed by atoms with E-state index in [1.54, 1.807) is 0 Å². The number of rotatable bonds is 5. The predicted octanol–water partition coefficient (Wildman–Crippen LogP) is 1.67. The standard InChI is InChI=1S/C12H17F2N3O2S/c1-8(17-2-4-20-5-3-17)12(18)15-7-9-6-10(11(13)14)19-16-9/h6,8,11H,2-5,7H2,1H3,(H,15,18). The van der Waals surface area contributed by atoms with Gasteiger partial charge in [0.05, 0.1) is 12.6 Å². The van der Waals surface area contributed by atoms with Crippen LogP contribution in [-0.4, -0.2) is 46.6 Å². The third-order valence-corrected chi connectivity index (χ3v) is 4.15. The van der Waals surface area contributed by atoms with Gasteiger partial charge < -0.3 is 9.84 Å². The van der Waals surface area contributed by atoms with Crippen LogP contribution in [0, 0.1) is 0 Å². The molecule has 1 N–H and O–H groups in total. The van der Waals surface area contributed by atoms with Gasteiger partial charge in [0.2, 0.25) is 11.7 Å². The Morgan fingerprint density at radius 1 is 1.55 bits per heavy atom. The molecule has 1 aliphatic heterocycles. The van der Waals surface area contributed by atoms with Gasteiger partial charge in [-0.3, -0.25) is 9.69 Å². The number of alkyl halides is 2. The van der Waals surface area contributed by atoms with Crippen LogP contribution in [0.1, 0.15) is 24.8 Å². The number of hydrogen-bond donors (Lipinski definition) is 1. The summed E-state index contributed by atoms with van der Waals surface area (Å²) in [6.07, 6.45) is -2.68. The minimum atomic E-state index is -2.68. The molecule has 5 nitrogen and oxygen atoms in total. The van der Waals surface area contributed by atoms with E-state index >= 15 is 0 Å². The average Bonchev–Trinajstić information content (AvgIpc) is 2.94. The Labute approximate surface area is 120 Å². The molecule has 0 saturated carbocycles. The highest BCUT2D eigenvalue weighted by molar-refractivity contribution is 7.99. The largest absolute Gasteiger partial charge is 0.355 e. The predicted molar refractivity (Wildman–Crippen MR) is 71.7 cm³/mol. The molecule has 1 saturated heterocycles. The lowest BCUT2D eigenvalue weighted by Crippen LogP contribution is -2.48. The lowest BCUT2D eigenvalue weighted by atomic mass is 10.2. The molecule has 2 heterocycles. The van der Waals surface area contributed by atoms with Gasteiger partial charge in [-0.05, 0) is 6.92 Å². The SMILES string of the molecule is CC(C(=O)NCc1cc(C(F)F)on1)N1CCSCC1. The topological polar surface area (TPSA) is 58.4 Å². The number of aromatic nitrogens is 1. The zero-order chi connectivity index (χ0) is 14.5. The zero-order valence-corrected chi connectivity index (χ0v) is 12.0. The van der Waals surface area contributed by atoms with E-state index in [9.17, 15) is 13.6 Å². The number of nitrogens with zero attached hydrogens (tertiary/aromatic N) is 2. The average molecular weight is 305 g/mol. The van der Waals surface area contributed by atoms with Crippen LogP contribution in [-0.2, 0) is 11.3 Å². The fourth-order valence-electron chi connectivity index (χ4n) is 1.97. The molecular formula is C12H17F2N3O2S. The number of carbonyl (C=O) groups is 1. The van der Waals surface area contributed by atoms with Gasteiger partial charge in [-0.1, -0.05) is 5.16 Å². The highest BCUT2D eigenvalue weighted by atomic mass is 32.2. The summed E-state index contributed by atoms with van der Waals surface area (Å²) in [7, 11) is 0. The van der Waals surface area contributed by atoms with Gasteiger partial charge in [0.1, 0.15) is 5.69 Å². The molecular weight excluding hydrogens is 288 g/mol. The first kappa shape index (κ1) is 15.2. The first-order chi connectivity index (χ1) is 9.58. The lowest BCUT2D eigenvalue weighted by molar-refractivity contribution is -0.125. The Morgan fingerprint density at radius 3 is 2.85 bits per heavy atom. The Hall–Kier alpha value is -1.15. The fraction of sp³-hybridized carbons (Fsp3) is 0.667. The highest BCUT2D eigenvalue weighted by Crippen LogP contribution is 2.19. The number of carbonyl (C=O) groups excluding carboxylic acids is 1. The van der Waals surface area contributed by atoms with Crippen molar-refractivity contribution in [3.8, 4) is 0 Å². The number of nitrogens with one attached hydrogen (secondary N) is 1. The Balaban J connectivity index is 1.81. The number of halogens is 2. The van der Waals surface area contributed by atoms with Gasteiger partial charge in [0.25, 0.3) is 6.43 Å². The molecule has 8 heteroatoms. The summed E-state index contributed by atoms with van der Waals surface area (Å²) in [5.74, 6) is 1.45. The second-order valence-electron chi connectivity index (χ2n) is 4.56. The van der Waals surface area contributed by atoms with Crippen molar-refractivity contribution in [2.75, 3.05) is 24.6 Å². The van der Waals surface area contributed by atoms with Crippen LogP contribution in [0.2, 0.25) is 0 Å². The van der Waals surface area contributed by atoms with Crippen LogP contribution < -0.4 is 5.32 Å². The molecule has 1 aliphatic rings. The normalized spacial score (nSPS) is 18.2. The van der Waals surface area contributed by atoms with Gasteiger partial charge in [0.15, 0.2) is 0 Å². The van der Waals surface area contributed by atoms with Gasteiger partial charge in [-0.15, -0.1) is 0 Å². The first-order valence-corrected chi connectivity index (χ1v) is 7.56. The molecule has 1 fully saturated rings. The quantitative estimate of drug-likeness (QED) is 0.896. The second-order valence-corrected chi connectivity index (χ2v) is 5.79. The third kappa shape index (κ3) is 3.92. The molecule has 20 heavy (non-hydrogen) atoms. The van der Waals surface area contributed by atoms with Crippen LogP contribution in [0.15, 0.2) is 10.6 Å². The van der Waals surface area contributed by atoms with E-state index in [1.165, 1.54) is 0 Å². The summed E-state index contributed by atoms with van der Waals surface area (Å²) in [4.78, 5) is 14.1. The van der Waals surface area contributed by atoms with Crippen LogP contribution >= 0.6 is 11.8 Å². The van der Waals surface area contributed by atoms with E-state index in [-0.39, 0.29) is 18.5 Å². The molecule has 0 aromatic carbocycles. The van der Waals surface area contributed by atoms with Crippen molar-refractivity contribution >= 4 is 17.7 Å². The van der Waals surface area contributed by atoms with Crippen molar-refractivity contribution < 1.29 is 18.1 Å². The summed E-state index contributed by atoms with van der Waals surface area (Å²) in [6.45, 7) is 3.72. The van der Waals surface area contributed by atoms with Gasteiger partial charge in [-0.25, -0.2) is 8.78 Å². The molecule has 0 radical (unpaired) electrons. The zero-order valence-electron chi connectivity index (χ0n) is 11.1. The summed E-state index contributed by atoms with van der Waals surface area (Å²) >= 11 is 1.88. The lowest BCUT2D eigenvalue weighted by Gasteiger charge is -2.30. The summed E-state index contributed by atoms with van der Waals surface area (Å²) in [5.41, 5.74) is 0.301. The van der Waals surface area contributed by atoms with E-state index < -0.39 is 12.2 Å². The summed E-state index contributed by atoms with van der Waals surface area (Å²) in [5, 5.41) is 6.19. The Kier molecular flexibility index (Phi) is 5.36. The van der Waals surface area contributed by atoms with Crippen LogP contribution in [0.25, 0.3) is 0 Å². The molecule has 1 unspecified atom stereocenters. The molecule has 0 bridgehead atoms. The molecule has 2 rings (SSSR count). The third-order valence-electron chi connectivity index (χ3n) is 3.21. The van der Waals surface area contributed by atoms with Crippen LogP contribution in [0.4, 0.5) is 8.78 Å². The minimum Gasteiger partial charge on any atom is -0.355 e. The molecule has 0 spiro atoms.